The highest BCUT2D eigenvalue weighted by Gasteiger charge is 2.32. The first-order valence-corrected chi connectivity index (χ1v) is 7.19. The highest BCUT2D eigenvalue weighted by molar-refractivity contribution is 7.99. The third-order valence-electron chi connectivity index (χ3n) is 3.48. The first kappa shape index (κ1) is 11.1. The van der Waals surface area contributed by atoms with Crippen LogP contribution in [0.5, 0.6) is 0 Å². The summed E-state index contributed by atoms with van der Waals surface area (Å²) in [6.07, 6.45) is 1.70. The first-order valence-electron chi connectivity index (χ1n) is 6.04. The van der Waals surface area contributed by atoms with Gasteiger partial charge in [-0.1, -0.05) is 42.5 Å². The van der Waals surface area contributed by atoms with E-state index in [2.05, 4.69) is 42.5 Å². The van der Waals surface area contributed by atoms with Gasteiger partial charge in [-0.2, -0.15) is 11.8 Å². The van der Waals surface area contributed by atoms with Crippen molar-refractivity contribution in [3.8, 4) is 0 Å². The average Bonchev–Trinajstić information content (AvgIpc) is 2.76. The van der Waals surface area contributed by atoms with E-state index in [0.717, 1.165) is 24.3 Å². The minimum absolute atomic E-state index is 0.491. The summed E-state index contributed by atoms with van der Waals surface area (Å²) < 4.78 is 0. The van der Waals surface area contributed by atoms with E-state index in [4.69, 9.17) is 0 Å². The van der Waals surface area contributed by atoms with Gasteiger partial charge in [0.2, 0.25) is 0 Å². The molecule has 0 spiro atoms. The molecule has 0 amide bonds. The largest absolute Gasteiger partial charge is 0.389 e. The topological polar surface area (TPSA) is 20.2 Å². The van der Waals surface area contributed by atoms with Gasteiger partial charge in [-0.15, -0.1) is 0 Å². The molecule has 1 aliphatic heterocycles. The van der Waals surface area contributed by atoms with Crippen molar-refractivity contribution in [2.45, 2.75) is 18.4 Å². The summed E-state index contributed by atoms with van der Waals surface area (Å²) >= 11 is 1.86. The molecule has 1 aliphatic rings. The molecular weight excluding hydrogens is 228 g/mol. The van der Waals surface area contributed by atoms with Gasteiger partial charge >= 0.3 is 0 Å². The number of thioether (sulfide) groups is 1. The minimum Gasteiger partial charge on any atom is -0.389 e. The molecule has 88 valence electrons. The molecule has 1 nitrogen and oxygen atoms in total. The standard InChI is InChI=1S/C15H16OS/c16-15(8-9-17-11-15)10-13-6-3-5-12-4-1-2-7-14(12)13/h1-7,16H,8-11H2. The van der Waals surface area contributed by atoms with Gasteiger partial charge in [0.25, 0.3) is 0 Å². The molecule has 2 heteroatoms. The van der Waals surface area contributed by atoms with Crippen LogP contribution in [0.1, 0.15) is 12.0 Å². The zero-order valence-corrected chi connectivity index (χ0v) is 10.5. The maximum Gasteiger partial charge on any atom is 0.0785 e. The molecule has 2 aromatic carbocycles. The van der Waals surface area contributed by atoms with Crippen LogP contribution in [0, 0.1) is 0 Å². The van der Waals surface area contributed by atoms with Crippen LogP contribution >= 0.6 is 11.8 Å². The molecule has 3 rings (SSSR count). The van der Waals surface area contributed by atoms with E-state index in [0.29, 0.717) is 0 Å². The van der Waals surface area contributed by atoms with Gasteiger partial charge in [-0.25, -0.2) is 0 Å². The minimum atomic E-state index is -0.491. The van der Waals surface area contributed by atoms with Crippen LogP contribution in [-0.4, -0.2) is 22.2 Å². The Balaban J connectivity index is 2.00. The molecule has 0 aromatic heterocycles. The lowest BCUT2D eigenvalue weighted by molar-refractivity contribution is 0.0690. The van der Waals surface area contributed by atoms with Crippen LogP contribution in [0.3, 0.4) is 0 Å². The van der Waals surface area contributed by atoms with Crippen molar-refractivity contribution in [1.29, 1.82) is 0 Å². The monoisotopic (exact) mass is 244 g/mol. The molecule has 0 radical (unpaired) electrons. The molecule has 1 N–H and O–H groups in total. The van der Waals surface area contributed by atoms with Crippen molar-refractivity contribution < 1.29 is 5.11 Å². The van der Waals surface area contributed by atoms with Gasteiger partial charge in [0.1, 0.15) is 0 Å². The Hall–Kier alpha value is -0.990. The van der Waals surface area contributed by atoms with Crippen LogP contribution in [-0.2, 0) is 6.42 Å². The van der Waals surface area contributed by atoms with E-state index >= 15 is 0 Å². The van der Waals surface area contributed by atoms with Crippen molar-refractivity contribution in [3.63, 3.8) is 0 Å². The second-order valence-electron chi connectivity index (χ2n) is 4.84. The van der Waals surface area contributed by atoms with Gasteiger partial charge in [0, 0.05) is 12.2 Å². The lowest BCUT2D eigenvalue weighted by Crippen LogP contribution is -2.30. The molecule has 2 aromatic rings. The zero-order valence-electron chi connectivity index (χ0n) is 9.73. The number of benzene rings is 2. The van der Waals surface area contributed by atoms with Crippen LogP contribution in [0.4, 0.5) is 0 Å². The summed E-state index contributed by atoms with van der Waals surface area (Å²) in [5.74, 6) is 1.96. The Morgan fingerprint density at radius 2 is 1.94 bits per heavy atom. The summed E-state index contributed by atoms with van der Waals surface area (Å²) in [4.78, 5) is 0. The Kier molecular flexibility index (Phi) is 2.85. The summed E-state index contributed by atoms with van der Waals surface area (Å²) in [6.45, 7) is 0. The summed E-state index contributed by atoms with van der Waals surface area (Å²) in [5, 5.41) is 13.0. The molecule has 0 bridgehead atoms. The van der Waals surface area contributed by atoms with Gasteiger partial charge in [0.05, 0.1) is 5.60 Å². The molecule has 17 heavy (non-hydrogen) atoms. The van der Waals surface area contributed by atoms with Gasteiger partial charge in [0.15, 0.2) is 0 Å². The summed E-state index contributed by atoms with van der Waals surface area (Å²) in [5.41, 5.74) is 0.780. The summed E-state index contributed by atoms with van der Waals surface area (Å²) in [7, 11) is 0. The van der Waals surface area contributed by atoms with Crippen LogP contribution in [0.15, 0.2) is 42.5 Å². The van der Waals surface area contributed by atoms with Gasteiger partial charge in [-0.05, 0) is 28.5 Å². The molecule has 1 saturated heterocycles. The van der Waals surface area contributed by atoms with Crippen LogP contribution < -0.4 is 0 Å². The van der Waals surface area contributed by atoms with E-state index in [1.54, 1.807) is 0 Å². The Morgan fingerprint density at radius 1 is 1.12 bits per heavy atom. The highest BCUT2D eigenvalue weighted by Crippen LogP contribution is 2.32. The van der Waals surface area contributed by atoms with E-state index in [1.807, 2.05) is 11.8 Å². The summed E-state index contributed by atoms with van der Waals surface area (Å²) in [6, 6.07) is 14.8. The number of fused-ring (bicyclic) bond motifs is 1. The normalized spacial score (nSPS) is 24.3. The number of aliphatic hydroxyl groups is 1. The van der Waals surface area contributed by atoms with Crippen LogP contribution in [0.2, 0.25) is 0 Å². The van der Waals surface area contributed by atoms with E-state index < -0.39 is 5.60 Å². The Labute approximate surface area is 106 Å². The van der Waals surface area contributed by atoms with E-state index in [9.17, 15) is 5.11 Å². The number of rotatable bonds is 2. The predicted octanol–water partition coefficient (Wildman–Crippen LogP) is 3.25. The van der Waals surface area contributed by atoms with Crippen molar-refractivity contribution in [3.05, 3.63) is 48.0 Å². The van der Waals surface area contributed by atoms with E-state index in [1.165, 1.54) is 16.3 Å². The van der Waals surface area contributed by atoms with Gasteiger partial charge < -0.3 is 5.11 Å². The molecule has 0 aliphatic carbocycles. The fourth-order valence-corrected chi connectivity index (χ4v) is 3.83. The number of hydrogen-bond acceptors (Lipinski definition) is 2. The molecule has 0 saturated carbocycles. The maximum absolute atomic E-state index is 10.5. The van der Waals surface area contributed by atoms with Crippen LogP contribution in [0.25, 0.3) is 10.8 Å². The smallest absolute Gasteiger partial charge is 0.0785 e. The lowest BCUT2D eigenvalue weighted by Gasteiger charge is -2.22. The van der Waals surface area contributed by atoms with Crippen molar-refractivity contribution in [2.24, 2.45) is 0 Å². The lowest BCUT2D eigenvalue weighted by atomic mass is 9.91. The fourth-order valence-electron chi connectivity index (χ4n) is 2.54. The molecule has 1 unspecified atom stereocenters. The highest BCUT2D eigenvalue weighted by atomic mass is 32.2. The maximum atomic E-state index is 10.5. The van der Waals surface area contributed by atoms with Crippen molar-refractivity contribution in [2.75, 3.05) is 11.5 Å². The molecular formula is C15H16OS. The quantitative estimate of drug-likeness (QED) is 0.875. The SMILES string of the molecule is OC1(Cc2cccc3ccccc23)CCSC1. The van der Waals surface area contributed by atoms with Crippen molar-refractivity contribution >= 4 is 22.5 Å². The zero-order chi connectivity index (χ0) is 11.7. The molecule has 1 heterocycles. The second kappa shape index (κ2) is 4.35. The number of hydrogen-bond donors (Lipinski definition) is 1. The Morgan fingerprint density at radius 3 is 2.76 bits per heavy atom. The molecule has 1 fully saturated rings. The van der Waals surface area contributed by atoms with E-state index in [-0.39, 0.29) is 0 Å². The first-order chi connectivity index (χ1) is 8.27. The Bertz CT molecular complexity index is 524. The predicted molar refractivity (Wildman–Crippen MR) is 74.5 cm³/mol. The third-order valence-corrected chi connectivity index (χ3v) is 4.72. The van der Waals surface area contributed by atoms with Crippen molar-refractivity contribution in [1.82, 2.24) is 0 Å². The third kappa shape index (κ3) is 2.20. The fraction of sp³-hybridized carbons (Fsp3) is 0.333. The average molecular weight is 244 g/mol. The second-order valence-corrected chi connectivity index (χ2v) is 5.95. The van der Waals surface area contributed by atoms with Gasteiger partial charge in [-0.3, -0.25) is 0 Å². The molecule has 1 atom stereocenters.